The van der Waals surface area contributed by atoms with Crippen LogP contribution in [0.5, 0.6) is 0 Å². The lowest BCUT2D eigenvalue weighted by Gasteiger charge is -2.14. The number of thiophene rings is 1. The van der Waals surface area contributed by atoms with Crippen molar-refractivity contribution in [2.45, 2.75) is 10.9 Å². The maximum absolute atomic E-state index is 13.4. The van der Waals surface area contributed by atoms with E-state index in [0.29, 0.717) is 4.90 Å². The third kappa shape index (κ3) is 3.31. The fraction of sp³-hybridized carbons (Fsp3) is 0.231. The zero-order valence-corrected chi connectivity index (χ0v) is 11.2. The van der Waals surface area contributed by atoms with Gasteiger partial charge in [0.15, 0.2) is 0 Å². The first-order chi connectivity index (χ1) is 8.31. The Bertz CT molecular complexity index is 456. The highest BCUT2D eigenvalue weighted by Crippen LogP contribution is 2.28. The van der Waals surface area contributed by atoms with Gasteiger partial charge in [-0.1, -0.05) is 18.2 Å². The highest BCUT2D eigenvalue weighted by atomic mass is 32.2. The Labute approximate surface area is 109 Å². The van der Waals surface area contributed by atoms with Crippen LogP contribution in [0.15, 0.2) is 46.7 Å². The SMILES string of the molecule is CNC(CSc1ccccc1F)c1cccs1. The van der Waals surface area contributed by atoms with Crippen LogP contribution in [0.4, 0.5) is 4.39 Å². The average molecular weight is 267 g/mol. The molecule has 0 amide bonds. The third-order valence-electron chi connectivity index (χ3n) is 2.48. The summed E-state index contributed by atoms with van der Waals surface area (Å²) in [5.41, 5.74) is 0. The molecule has 0 spiro atoms. The summed E-state index contributed by atoms with van der Waals surface area (Å²) in [6.45, 7) is 0. The zero-order chi connectivity index (χ0) is 12.1. The quantitative estimate of drug-likeness (QED) is 0.824. The minimum atomic E-state index is -0.140. The van der Waals surface area contributed by atoms with Gasteiger partial charge in [-0.15, -0.1) is 23.1 Å². The molecule has 0 bridgehead atoms. The molecule has 0 saturated carbocycles. The van der Waals surface area contributed by atoms with E-state index in [1.165, 1.54) is 10.9 Å². The second kappa shape index (κ2) is 6.19. The summed E-state index contributed by atoms with van der Waals surface area (Å²) in [5, 5.41) is 5.32. The Balaban J connectivity index is 2.00. The van der Waals surface area contributed by atoms with Gasteiger partial charge >= 0.3 is 0 Å². The lowest BCUT2D eigenvalue weighted by atomic mass is 10.3. The second-order valence-corrected chi connectivity index (χ2v) is 5.64. The van der Waals surface area contributed by atoms with Crippen LogP contribution in [0.3, 0.4) is 0 Å². The maximum atomic E-state index is 13.4. The van der Waals surface area contributed by atoms with Gasteiger partial charge in [0.1, 0.15) is 5.82 Å². The Morgan fingerprint density at radius 1 is 1.29 bits per heavy atom. The number of thioether (sulfide) groups is 1. The first-order valence-corrected chi connectivity index (χ1v) is 7.26. The van der Waals surface area contributed by atoms with Gasteiger partial charge in [-0.3, -0.25) is 0 Å². The normalized spacial score (nSPS) is 12.6. The summed E-state index contributed by atoms with van der Waals surface area (Å²) in [6, 6.07) is 11.3. The largest absolute Gasteiger partial charge is 0.312 e. The first-order valence-electron chi connectivity index (χ1n) is 5.39. The number of rotatable bonds is 5. The molecular formula is C13H14FNS2. The first kappa shape index (κ1) is 12.6. The Kier molecular flexibility index (Phi) is 4.59. The van der Waals surface area contributed by atoms with E-state index in [4.69, 9.17) is 0 Å². The molecule has 1 aromatic heterocycles. The summed E-state index contributed by atoms with van der Waals surface area (Å²) < 4.78 is 13.4. The third-order valence-corrected chi connectivity index (χ3v) is 4.61. The predicted octanol–water partition coefficient (Wildman–Crippen LogP) is 3.94. The number of hydrogen-bond donors (Lipinski definition) is 1. The van der Waals surface area contributed by atoms with Crippen molar-refractivity contribution in [2.24, 2.45) is 0 Å². The van der Waals surface area contributed by atoms with Crippen LogP contribution in [0.1, 0.15) is 10.9 Å². The van der Waals surface area contributed by atoms with Gasteiger partial charge in [-0.05, 0) is 30.6 Å². The lowest BCUT2D eigenvalue weighted by Crippen LogP contribution is -2.17. The predicted molar refractivity (Wildman–Crippen MR) is 73.2 cm³/mol. The summed E-state index contributed by atoms with van der Waals surface area (Å²) in [6.07, 6.45) is 0. The Morgan fingerprint density at radius 2 is 2.12 bits per heavy atom. The highest BCUT2D eigenvalue weighted by molar-refractivity contribution is 7.99. The molecule has 1 aromatic carbocycles. The number of halogens is 1. The molecule has 1 heterocycles. The van der Waals surface area contributed by atoms with Crippen LogP contribution in [0.2, 0.25) is 0 Å². The van der Waals surface area contributed by atoms with Crippen molar-refractivity contribution in [1.29, 1.82) is 0 Å². The molecule has 0 saturated heterocycles. The van der Waals surface area contributed by atoms with Crippen molar-refractivity contribution in [1.82, 2.24) is 5.32 Å². The molecule has 1 atom stereocenters. The van der Waals surface area contributed by atoms with E-state index in [1.807, 2.05) is 25.2 Å². The van der Waals surface area contributed by atoms with Gasteiger partial charge in [0.2, 0.25) is 0 Å². The van der Waals surface area contributed by atoms with Crippen LogP contribution >= 0.6 is 23.1 Å². The van der Waals surface area contributed by atoms with Crippen LogP contribution in [0.25, 0.3) is 0 Å². The number of benzene rings is 1. The van der Waals surface area contributed by atoms with Crippen molar-refractivity contribution in [3.63, 3.8) is 0 Å². The van der Waals surface area contributed by atoms with Crippen molar-refractivity contribution in [3.8, 4) is 0 Å². The maximum Gasteiger partial charge on any atom is 0.136 e. The minimum absolute atomic E-state index is 0.140. The molecule has 0 radical (unpaired) electrons. The van der Waals surface area contributed by atoms with Crippen molar-refractivity contribution in [2.75, 3.05) is 12.8 Å². The fourth-order valence-corrected chi connectivity index (χ4v) is 3.55. The topological polar surface area (TPSA) is 12.0 Å². The number of nitrogens with one attached hydrogen (secondary N) is 1. The van der Waals surface area contributed by atoms with Crippen LogP contribution in [0, 0.1) is 5.82 Å². The van der Waals surface area contributed by atoms with Crippen LogP contribution < -0.4 is 5.32 Å². The smallest absolute Gasteiger partial charge is 0.136 e. The van der Waals surface area contributed by atoms with Crippen molar-refractivity contribution >= 4 is 23.1 Å². The van der Waals surface area contributed by atoms with Gasteiger partial charge in [0.05, 0.1) is 6.04 Å². The summed E-state index contributed by atoms with van der Waals surface area (Å²) in [7, 11) is 1.94. The van der Waals surface area contributed by atoms with E-state index in [1.54, 1.807) is 29.2 Å². The molecule has 2 rings (SSSR count). The average Bonchev–Trinajstić information content (AvgIpc) is 2.86. The van der Waals surface area contributed by atoms with Crippen molar-refractivity contribution in [3.05, 3.63) is 52.5 Å². The molecule has 0 aliphatic rings. The minimum Gasteiger partial charge on any atom is -0.312 e. The van der Waals surface area contributed by atoms with Gasteiger partial charge in [0.25, 0.3) is 0 Å². The van der Waals surface area contributed by atoms with Gasteiger partial charge < -0.3 is 5.32 Å². The summed E-state index contributed by atoms with van der Waals surface area (Å²) in [4.78, 5) is 2.00. The standard InChI is InChI=1S/C13H14FNS2/c1-15-11(13-7-4-8-16-13)9-17-12-6-3-2-5-10(12)14/h2-8,11,15H,9H2,1H3. The molecule has 0 fully saturated rings. The monoisotopic (exact) mass is 267 g/mol. The van der Waals surface area contributed by atoms with Gasteiger partial charge in [-0.2, -0.15) is 0 Å². The zero-order valence-electron chi connectivity index (χ0n) is 9.52. The van der Waals surface area contributed by atoms with Crippen molar-refractivity contribution < 1.29 is 4.39 Å². The summed E-state index contributed by atoms with van der Waals surface area (Å²) in [5.74, 6) is 0.691. The molecule has 4 heteroatoms. The van der Waals surface area contributed by atoms with E-state index in [2.05, 4.69) is 16.8 Å². The molecule has 0 aliphatic heterocycles. The second-order valence-electron chi connectivity index (χ2n) is 3.60. The van der Waals surface area contributed by atoms with Crippen LogP contribution in [-0.4, -0.2) is 12.8 Å². The highest BCUT2D eigenvalue weighted by Gasteiger charge is 2.11. The van der Waals surface area contributed by atoms with E-state index in [9.17, 15) is 4.39 Å². The van der Waals surface area contributed by atoms with E-state index < -0.39 is 0 Å². The van der Waals surface area contributed by atoms with E-state index in [0.717, 1.165) is 5.75 Å². The number of hydrogen-bond acceptors (Lipinski definition) is 3. The molecule has 17 heavy (non-hydrogen) atoms. The van der Waals surface area contributed by atoms with Gasteiger partial charge in [0, 0.05) is 15.5 Å². The molecule has 90 valence electrons. The Morgan fingerprint density at radius 3 is 2.76 bits per heavy atom. The Hall–Kier alpha value is -0.840. The molecular weight excluding hydrogens is 253 g/mol. The molecule has 1 nitrogen and oxygen atoms in total. The molecule has 1 unspecified atom stereocenters. The summed E-state index contributed by atoms with van der Waals surface area (Å²) >= 11 is 3.27. The molecule has 2 aromatic rings. The van der Waals surface area contributed by atoms with Crippen LogP contribution in [-0.2, 0) is 0 Å². The van der Waals surface area contributed by atoms with E-state index >= 15 is 0 Å². The van der Waals surface area contributed by atoms with E-state index in [-0.39, 0.29) is 11.9 Å². The van der Waals surface area contributed by atoms with Gasteiger partial charge in [-0.25, -0.2) is 4.39 Å². The fourth-order valence-electron chi connectivity index (χ4n) is 1.53. The molecule has 1 N–H and O–H groups in total. The molecule has 0 aliphatic carbocycles. The lowest BCUT2D eigenvalue weighted by molar-refractivity contribution is 0.601.